The van der Waals surface area contributed by atoms with Crippen LogP contribution in [0.2, 0.25) is 0 Å². The van der Waals surface area contributed by atoms with Crippen molar-refractivity contribution in [3.8, 4) is 0 Å². The number of hydrogen-bond donors (Lipinski definition) is 0. The van der Waals surface area contributed by atoms with E-state index in [-0.39, 0.29) is 17.5 Å². The molecule has 0 bridgehead atoms. The second-order valence-electron chi connectivity index (χ2n) is 6.86. The number of aromatic nitrogens is 1. The molecule has 1 amide bonds. The summed E-state index contributed by atoms with van der Waals surface area (Å²) in [5.74, 6) is -0.277. The number of benzene rings is 2. The number of rotatable bonds is 3. The third kappa shape index (κ3) is 2.69. The number of anilines is 1. The maximum atomic E-state index is 13.5. The van der Waals surface area contributed by atoms with Crippen molar-refractivity contribution in [3.63, 3.8) is 0 Å². The fourth-order valence-corrected chi connectivity index (χ4v) is 3.74. The number of fused-ring (bicyclic) bond motifs is 2. The van der Waals surface area contributed by atoms with E-state index in [1.807, 2.05) is 25.2 Å². The molecule has 0 aliphatic carbocycles. The average Bonchev–Trinajstić information content (AvgIpc) is 3.15. The minimum atomic E-state index is -0.317. The van der Waals surface area contributed by atoms with E-state index < -0.39 is 0 Å². The Hall–Kier alpha value is -2.95. The van der Waals surface area contributed by atoms with Gasteiger partial charge in [-0.15, -0.1) is 0 Å². The highest BCUT2D eigenvalue weighted by Gasteiger charge is 2.27. The minimum Gasteiger partial charge on any atom is -0.350 e. The van der Waals surface area contributed by atoms with Crippen LogP contribution in [-0.4, -0.2) is 22.8 Å². The Morgan fingerprint density at radius 1 is 1.15 bits per heavy atom. The highest BCUT2D eigenvalue weighted by Crippen LogP contribution is 2.32. The maximum Gasteiger partial charge on any atom is 0.260 e. The van der Waals surface area contributed by atoms with E-state index in [0.717, 1.165) is 28.6 Å². The zero-order valence-corrected chi connectivity index (χ0v) is 14.8. The van der Waals surface area contributed by atoms with Crippen molar-refractivity contribution in [2.75, 3.05) is 11.4 Å². The van der Waals surface area contributed by atoms with Gasteiger partial charge >= 0.3 is 0 Å². The summed E-state index contributed by atoms with van der Waals surface area (Å²) in [7, 11) is 1.81. The smallest absolute Gasteiger partial charge is 0.260 e. The lowest BCUT2D eigenvalue weighted by atomic mass is 10.0. The molecule has 1 aromatic heterocycles. The lowest BCUT2D eigenvalue weighted by Crippen LogP contribution is -2.28. The predicted octanol–water partition coefficient (Wildman–Crippen LogP) is 3.65. The molecule has 5 heteroatoms. The maximum absolute atomic E-state index is 13.5. The molecule has 1 aliphatic rings. The normalized spacial score (nSPS) is 13.3. The predicted molar refractivity (Wildman–Crippen MR) is 99.1 cm³/mol. The number of carbonyl (C=O) groups excluding carboxylic acids is 2. The zero-order valence-electron chi connectivity index (χ0n) is 14.8. The van der Waals surface area contributed by atoms with Crippen molar-refractivity contribution in [2.24, 2.45) is 7.05 Å². The van der Waals surface area contributed by atoms with E-state index >= 15 is 0 Å². The third-order valence-corrected chi connectivity index (χ3v) is 4.92. The van der Waals surface area contributed by atoms with Crippen LogP contribution in [0, 0.1) is 5.82 Å². The van der Waals surface area contributed by atoms with Gasteiger partial charge in [0.15, 0.2) is 0 Å². The van der Waals surface area contributed by atoms with E-state index in [0.29, 0.717) is 24.0 Å². The number of aryl methyl sites for hydroxylation is 1. The van der Waals surface area contributed by atoms with Gasteiger partial charge in [0.25, 0.3) is 5.91 Å². The molecule has 0 atom stereocenters. The summed E-state index contributed by atoms with van der Waals surface area (Å²) in [6.45, 7) is 2.18. The van der Waals surface area contributed by atoms with Crippen LogP contribution in [0.3, 0.4) is 0 Å². The van der Waals surface area contributed by atoms with Gasteiger partial charge in [0, 0.05) is 37.3 Å². The van der Waals surface area contributed by atoms with Crippen molar-refractivity contribution >= 4 is 28.3 Å². The molecule has 0 saturated heterocycles. The number of ketones is 1. The Bertz CT molecular complexity index is 1050. The van der Waals surface area contributed by atoms with Gasteiger partial charge in [-0.25, -0.2) is 4.39 Å². The summed E-state index contributed by atoms with van der Waals surface area (Å²) >= 11 is 0. The largest absolute Gasteiger partial charge is 0.350 e. The summed E-state index contributed by atoms with van der Waals surface area (Å²) in [6.07, 6.45) is 2.94. The monoisotopic (exact) mass is 350 g/mol. The van der Waals surface area contributed by atoms with E-state index in [1.54, 1.807) is 28.7 Å². The first-order chi connectivity index (χ1) is 12.4. The molecule has 1 aliphatic heterocycles. The van der Waals surface area contributed by atoms with E-state index in [1.165, 1.54) is 12.1 Å². The van der Waals surface area contributed by atoms with Crippen molar-refractivity contribution in [1.82, 2.24) is 4.57 Å². The number of nitrogens with zero attached hydrogens (tertiary/aromatic N) is 2. The van der Waals surface area contributed by atoms with Gasteiger partial charge in [-0.2, -0.15) is 0 Å². The Labute approximate surface area is 150 Å². The first-order valence-corrected chi connectivity index (χ1v) is 8.62. The van der Waals surface area contributed by atoms with E-state index in [4.69, 9.17) is 0 Å². The van der Waals surface area contributed by atoms with Crippen LogP contribution in [0.25, 0.3) is 10.9 Å². The number of amides is 1. The fourth-order valence-electron chi connectivity index (χ4n) is 3.74. The molecule has 0 saturated carbocycles. The molecule has 3 aromatic rings. The van der Waals surface area contributed by atoms with Crippen molar-refractivity contribution in [3.05, 3.63) is 65.1 Å². The van der Waals surface area contributed by atoms with Crippen LogP contribution >= 0.6 is 0 Å². The molecule has 4 nitrogen and oxygen atoms in total. The SMILES string of the molecule is CC(=O)Cc1ccc2c(c1)CCN2C(=O)c1cn(C)c2cc(F)ccc12. The molecule has 0 spiro atoms. The van der Waals surface area contributed by atoms with Gasteiger partial charge in [-0.05, 0) is 48.7 Å². The lowest BCUT2D eigenvalue weighted by molar-refractivity contribution is -0.116. The highest BCUT2D eigenvalue weighted by molar-refractivity contribution is 6.14. The molecular weight excluding hydrogens is 331 g/mol. The summed E-state index contributed by atoms with van der Waals surface area (Å²) in [4.78, 5) is 26.2. The number of hydrogen-bond acceptors (Lipinski definition) is 2. The van der Waals surface area contributed by atoms with Gasteiger partial charge < -0.3 is 9.47 Å². The molecule has 4 rings (SSSR count). The van der Waals surface area contributed by atoms with Crippen molar-refractivity contribution in [1.29, 1.82) is 0 Å². The quantitative estimate of drug-likeness (QED) is 0.724. The zero-order chi connectivity index (χ0) is 18.4. The summed E-state index contributed by atoms with van der Waals surface area (Å²) in [6, 6.07) is 10.3. The van der Waals surface area contributed by atoms with Gasteiger partial charge in [0.1, 0.15) is 11.6 Å². The molecule has 132 valence electrons. The minimum absolute atomic E-state index is 0.0831. The summed E-state index contributed by atoms with van der Waals surface area (Å²) < 4.78 is 15.3. The van der Waals surface area contributed by atoms with Crippen LogP contribution in [0.4, 0.5) is 10.1 Å². The standard InChI is InChI=1S/C21H19FN2O2/c1-13(25)9-14-3-6-19-15(10-14)7-8-24(19)21(26)18-12-23(2)20-11-16(22)4-5-17(18)20/h3-6,10-12H,7-9H2,1-2H3. The molecule has 0 radical (unpaired) electrons. The second kappa shape index (κ2) is 6.09. The first kappa shape index (κ1) is 16.5. The first-order valence-electron chi connectivity index (χ1n) is 8.62. The van der Waals surface area contributed by atoms with Crippen molar-refractivity contribution in [2.45, 2.75) is 19.8 Å². The van der Waals surface area contributed by atoms with Crippen LogP contribution in [0.15, 0.2) is 42.6 Å². The molecular formula is C21H19FN2O2. The third-order valence-electron chi connectivity index (χ3n) is 4.92. The van der Waals surface area contributed by atoms with Crippen LogP contribution in [0.5, 0.6) is 0 Å². The number of halogens is 1. The number of carbonyl (C=O) groups is 2. The average molecular weight is 350 g/mol. The van der Waals surface area contributed by atoms with Gasteiger partial charge in [0.05, 0.1) is 11.1 Å². The van der Waals surface area contributed by atoms with Crippen LogP contribution < -0.4 is 4.90 Å². The molecule has 0 N–H and O–H groups in total. The van der Waals surface area contributed by atoms with Crippen LogP contribution in [-0.2, 0) is 24.7 Å². The molecule has 26 heavy (non-hydrogen) atoms. The lowest BCUT2D eigenvalue weighted by Gasteiger charge is -2.17. The summed E-state index contributed by atoms with van der Waals surface area (Å²) in [5.41, 5.74) is 4.23. The Morgan fingerprint density at radius 2 is 1.96 bits per heavy atom. The molecule has 2 heterocycles. The number of Topliss-reactive ketones (excluding diaryl/α,β-unsaturated/α-hetero) is 1. The molecule has 2 aromatic carbocycles. The Morgan fingerprint density at radius 3 is 2.73 bits per heavy atom. The summed E-state index contributed by atoms with van der Waals surface area (Å²) in [5, 5.41) is 0.751. The van der Waals surface area contributed by atoms with E-state index in [9.17, 15) is 14.0 Å². The van der Waals surface area contributed by atoms with E-state index in [2.05, 4.69) is 0 Å². The Kier molecular flexibility index (Phi) is 3.87. The topological polar surface area (TPSA) is 42.3 Å². The van der Waals surface area contributed by atoms with Crippen molar-refractivity contribution < 1.29 is 14.0 Å². The van der Waals surface area contributed by atoms with Gasteiger partial charge in [-0.1, -0.05) is 12.1 Å². The van der Waals surface area contributed by atoms with Crippen LogP contribution in [0.1, 0.15) is 28.4 Å². The fraction of sp³-hybridized carbons (Fsp3) is 0.238. The second-order valence-corrected chi connectivity index (χ2v) is 6.86. The molecule has 0 fully saturated rings. The highest BCUT2D eigenvalue weighted by atomic mass is 19.1. The van der Waals surface area contributed by atoms with Gasteiger partial charge in [-0.3, -0.25) is 9.59 Å². The van der Waals surface area contributed by atoms with Gasteiger partial charge in [0.2, 0.25) is 0 Å². The Balaban J connectivity index is 1.70. The molecule has 0 unspecified atom stereocenters.